The van der Waals surface area contributed by atoms with Gasteiger partial charge in [0.2, 0.25) is 0 Å². The van der Waals surface area contributed by atoms with Crippen LogP contribution in [0.4, 0.5) is 0 Å². The molecule has 0 spiro atoms. The summed E-state index contributed by atoms with van der Waals surface area (Å²) < 4.78 is 10.6. The Morgan fingerprint density at radius 3 is 2.38 bits per heavy atom. The predicted octanol–water partition coefficient (Wildman–Crippen LogP) is -0.118. The molecule has 0 aromatic rings. The molecule has 0 aliphatic rings. The molecule has 0 aliphatic carbocycles. The fraction of sp³-hybridized carbons (Fsp3) is 1.00. The molecule has 1 nitrogen and oxygen atoms in total. The standard InChI is InChI=1S/C4H12OS2Si/c1-3-4(8-2)7(5)6/h4,7H,3,8H2,1-2H3. The summed E-state index contributed by atoms with van der Waals surface area (Å²) in [6.07, 6.45) is 1.02. The first kappa shape index (κ1) is 8.59. The Bertz CT molecular complexity index is 109. The van der Waals surface area contributed by atoms with Gasteiger partial charge in [-0.05, 0) is 17.6 Å². The Balaban J connectivity index is 3.70. The third kappa shape index (κ3) is 2.79. The second kappa shape index (κ2) is 4.46. The van der Waals surface area contributed by atoms with Crippen molar-refractivity contribution >= 4 is 30.1 Å². The normalized spacial score (nSPS) is 19.2. The summed E-state index contributed by atoms with van der Waals surface area (Å²) in [4.78, 5) is 0.417. The maximum absolute atomic E-state index is 10.6. The average molecular weight is 168 g/mol. The van der Waals surface area contributed by atoms with E-state index in [9.17, 15) is 4.21 Å². The molecule has 0 amide bonds. The van der Waals surface area contributed by atoms with Crippen molar-refractivity contribution in [1.29, 1.82) is 0 Å². The summed E-state index contributed by atoms with van der Waals surface area (Å²) in [6, 6.07) is 0. The molecule has 4 heteroatoms. The predicted molar refractivity (Wildman–Crippen MR) is 45.4 cm³/mol. The van der Waals surface area contributed by atoms with Crippen molar-refractivity contribution in [2.45, 2.75) is 24.8 Å². The van der Waals surface area contributed by atoms with Crippen LogP contribution >= 0.6 is 0 Å². The molecular weight excluding hydrogens is 156 g/mol. The highest BCUT2D eigenvalue weighted by Gasteiger charge is 2.00. The SMILES string of the molecule is CCC([SiH2]C)[SH](=O)=S. The maximum atomic E-state index is 10.6. The van der Waals surface area contributed by atoms with Gasteiger partial charge >= 0.3 is 0 Å². The van der Waals surface area contributed by atoms with Gasteiger partial charge in [-0.2, -0.15) is 0 Å². The van der Waals surface area contributed by atoms with Crippen molar-refractivity contribution in [1.82, 2.24) is 0 Å². The topological polar surface area (TPSA) is 17.1 Å². The highest BCUT2D eigenvalue weighted by atomic mass is 32.8. The summed E-state index contributed by atoms with van der Waals surface area (Å²) in [5, 5.41) is 0. The molecule has 0 radical (unpaired) electrons. The van der Waals surface area contributed by atoms with Gasteiger partial charge in [-0.15, -0.1) is 0 Å². The lowest BCUT2D eigenvalue weighted by molar-refractivity contribution is 0.689. The zero-order chi connectivity index (χ0) is 6.57. The molecule has 0 fully saturated rings. The van der Waals surface area contributed by atoms with Crippen LogP contribution < -0.4 is 0 Å². The third-order valence-electron chi connectivity index (χ3n) is 1.24. The van der Waals surface area contributed by atoms with Gasteiger partial charge in [-0.1, -0.05) is 13.5 Å². The van der Waals surface area contributed by atoms with Gasteiger partial charge in [-0.25, -0.2) is 0 Å². The van der Waals surface area contributed by atoms with Gasteiger partial charge in [-0.3, -0.25) is 4.21 Å². The lowest BCUT2D eigenvalue weighted by Gasteiger charge is -2.00. The minimum absolute atomic E-state index is 0.107. The fourth-order valence-corrected chi connectivity index (χ4v) is 4.44. The number of hydrogen-bond donors (Lipinski definition) is 1. The Morgan fingerprint density at radius 1 is 1.88 bits per heavy atom. The number of thiol groups is 1. The smallest absolute Gasteiger partial charge is 0.0358 e. The molecule has 50 valence electrons. The van der Waals surface area contributed by atoms with E-state index in [1.165, 1.54) is 0 Å². The first-order valence-electron chi connectivity index (χ1n) is 2.85. The van der Waals surface area contributed by atoms with Gasteiger partial charge in [0, 0.05) is 23.8 Å². The lowest BCUT2D eigenvalue weighted by atomic mass is 10.6. The molecule has 0 heterocycles. The van der Waals surface area contributed by atoms with Crippen LogP contribution in [0.1, 0.15) is 13.3 Å². The largest absolute Gasteiger partial charge is 0.260 e. The van der Waals surface area contributed by atoms with Crippen molar-refractivity contribution in [3.63, 3.8) is 0 Å². The minimum atomic E-state index is -1.27. The van der Waals surface area contributed by atoms with Gasteiger partial charge in [0.25, 0.3) is 0 Å². The number of rotatable bonds is 3. The molecule has 0 aliphatic heterocycles. The quantitative estimate of drug-likeness (QED) is 0.467. The molecule has 8 heavy (non-hydrogen) atoms. The molecule has 0 aromatic heterocycles. The lowest BCUT2D eigenvalue weighted by Crippen LogP contribution is -2.13. The second-order valence-electron chi connectivity index (χ2n) is 1.76. The molecule has 0 saturated carbocycles. The van der Waals surface area contributed by atoms with E-state index in [4.69, 9.17) is 0 Å². The van der Waals surface area contributed by atoms with Gasteiger partial charge < -0.3 is 0 Å². The zero-order valence-corrected chi connectivity index (χ0v) is 8.38. The van der Waals surface area contributed by atoms with E-state index in [-0.39, 0.29) is 9.52 Å². The van der Waals surface area contributed by atoms with Crippen LogP contribution in [0.2, 0.25) is 6.55 Å². The molecule has 0 saturated heterocycles. The molecule has 0 aromatic carbocycles. The van der Waals surface area contributed by atoms with Crippen LogP contribution in [0.15, 0.2) is 0 Å². The van der Waals surface area contributed by atoms with Crippen LogP contribution in [0.25, 0.3) is 0 Å². The summed E-state index contributed by atoms with van der Waals surface area (Å²) in [5.74, 6) is 0. The van der Waals surface area contributed by atoms with Gasteiger partial charge in [0.05, 0.1) is 0 Å². The third-order valence-corrected chi connectivity index (χ3v) is 7.50. The fourth-order valence-electron chi connectivity index (χ4n) is 0.587. The van der Waals surface area contributed by atoms with Gasteiger partial charge in [0.1, 0.15) is 0 Å². The molecular formula is C4H12OS2Si. The number of hydrogen-bond acceptors (Lipinski definition) is 2. The van der Waals surface area contributed by atoms with E-state index < -0.39 is 9.36 Å². The Kier molecular flexibility index (Phi) is 4.79. The van der Waals surface area contributed by atoms with E-state index >= 15 is 0 Å². The van der Waals surface area contributed by atoms with Gasteiger partial charge in [0.15, 0.2) is 0 Å². The average Bonchev–Trinajstić information content (AvgIpc) is 1.69. The maximum Gasteiger partial charge on any atom is 0.0358 e. The van der Waals surface area contributed by atoms with E-state index in [0.717, 1.165) is 6.42 Å². The van der Waals surface area contributed by atoms with Crippen LogP contribution in [-0.2, 0) is 20.5 Å². The van der Waals surface area contributed by atoms with Crippen LogP contribution in [0, 0.1) is 0 Å². The Morgan fingerprint density at radius 2 is 2.38 bits per heavy atom. The first-order chi connectivity index (χ1) is 3.72. The molecule has 0 bridgehead atoms. The zero-order valence-electron chi connectivity index (χ0n) is 5.26. The van der Waals surface area contributed by atoms with Crippen molar-refractivity contribution in [2.24, 2.45) is 0 Å². The molecule has 2 unspecified atom stereocenters. The molecule has 2 atom stereocenters. The van der Waals surface area contributed by atoms with Crippen LogP contribution in [0.3, 0.4) is 0 Å². The van der Waals surface area contributed by atoms with Crippen molar-refractivity contribution in [2.75, 3.05) is 0 Å². The van der Waals surface area contributed by atoms with E-state index in [1.807, 2.05) is 0 Å². The second-order valence-corrected chi connectivity index (χ2v) is 6.63. The summed E-state index contributed by atoms with van der Waals surface area (Å²) >= 11 is 4.64. The van der Waals surface area contributed by atoms with Crippen LogP contribution in [0.5, 0.6) is 0 Å². The van der Waals surface area contributed by atoms with Crippen molar-refractivity contribution < 1.29 is 4.21 Å². The van der Waals surface area contributed by atoms with E-state index in [1.54, 1.807) is 0 Å². The summed E-state index contributed by atoms with van der Waals surface area (Å²) in [5.41, 5.74) is 0. The molecule has 0 rings (SSSR count). The first-order valence-corrected chi connectivity index (χ1v) is 7.43. The Labute approximate surface area is 59.4 Å². The molecule has 0 N–H and O–H groups in total. The Hall–Kier alpha value is 0.587. The highest BCUT2D eigenvalue weighted by molar-refractivity contribution is 8.22. The highest BCUT2D eigenvalue weighted by Crippen LogP contribution is 1.92. The summed E-state index contributed by atoms with van der Waals surface area (Å²) in [7, 11) is -1.38. The monoisotopic (exact) mass is 168 g/mol. The van der Waals surface area contributed by atoms with Crippen LogP contribution in [-0.4, -0.2) is 18.6 Å². The van der Waals surface area contributed by atoms with Crippen molar-refractivity contribution in [3.8, 4) is 0 Å². The minimum Gasteiger partial charge on any atom is -0.260 e. The van der Waals surface area contributed by atoms with E-state index in [2.05, 4.69) is 24.7 Å². The summed E-state index contributed by atoms with van der Waals surface area (Å²) in [6.45, 7) is 4.22. The van der Waals surface area contributed by atoms with Crippen molar-refractivity contribution in [3.05, 3.63) is 0 Å². The van der Waals surface area contributed by atoms with E-state index in [0.29, 0.717) is 4.87 Å².